The lowest BCUT2D eigenvalue weighted by Gasteiger charge is -2.20. The summed E-state index contributed by atoms with van der Waals surface area (Å²) in [7, 11) is 1.37. The summed E-state index contributed by atoms with van der Waals surface area (Å²) >= 11 is 0. The van der Waals surface area contributed by atoms with Crippen LogP contribution in [0.4, 0.5) is 0 Å². The summed E-state index contributed by atoms with van der Waals surface area (Å²) in [5.41, 5.74) is 0.363. The van der Waals surface area contributed by atoms with Gasteiger partial charge in [-0.3, -0.25) is 4.79 Å². The number of aliphatic hydroxyl groups excluding tert-OH is 1. The van der Waals surface area contributed by atoms with E-state index in [9.17, 15) is 9.90 Å². The van der Waals surface area contributed by atoms with E-state index in [0.29, 0.717) is 12.8 Å². The lowest BCUT2D eigenvalue weighted by molar-refractivity contribution is -0.152. The van der Waals surface area contributed by atoms with Crippen molar-refractivity contribution in [1.29, 1.82) is 0 Å². The standard InChI is InChI=1S/C18H22O3/c1-3-15-13-18(15,17(20)21-2)16(19)12-8-7-11-14-9-5-4-6-10-14/h3-7,9-11,15-16,19H,1,8,12-13H2,2H3/b11-7+. The van der Waals surface area contributed by atoms with Gasteiger partial charge in [0.25, 0.3) is 0 Å². The number of benzene rings is 1. The van der Waals surface area contributed by atoms with E-state index in [1.54, 1.807) is 6.08 Å². The quantitative estimate of drug-likeness (QED) is 0.618. The summed E-state index contributed by atoms with van der Waals surface area (Å²) in [6.45, 7) is 3.72. The molecule has 1 saturated carbocycles. The second-order valence-corrected chi connectivity index (χ2v) is 5.48. The van der Waals surface area contributed by atoms with Crippen LogP contribution in [0.1, 0.15) is 24.8 Å². The number of carbonyl (C=O) groups excluding carboxylic acids is 1. The summed E-state index contributed by atoms with van der Waals surface area (Å²) in [4.78, 5) is 11.9. The van der Waals surface area contributed by atoms with Crippen molar-refractivity contribution >= 4 is 12.0 Å². The highest BCUT2D eigenvalue weighted by atomic mass is 16.5. The van der Waals surface area contributed by atoms with Gasteiger partial charge in [0.1, 0.15) is 5.41 Å². The van der Waals surface area contributed by atoms with Crippen LogP contribution in [-0.4, -0.2) is 24.3 Å². The fraction of sp³-hybridized carbons (Fsp3) is 0.389. The molecule has 0 bridgehead atoms. The van der Waals surface area contributed by atoms with Gasteiger partial charge in [0.15, 0.2) is 0 Å². The Morgan fingerprint density at radius 2 is 2.24 bits per heavy atom. The van der Waals surface area contributed by atoms with Gasteiger partial charge in [0.2, 0.25) is 0 Å². The monoisotopic (exact) mass is 286 g/mol. The molecule has 1 aliphatic rings. The van der Waals surface area contributed by atoms with Crippen molar-refractivity contribution < 1.29 is 14.6 Å². The van der Waals surface area contributed by atoms with E-state index in [-0.39, 0.29) is 11.9 Å². The van der Waals surface area contributed by atoms with Gasteiger partial charge in [0.05, 0.1) is 13.2 Å². The van der Waals surface area contributed by atoms with Gasteiger partial charge in [-0.2, -0.15) is 0 Å². The first-order chi connectivity index (χ1) is 10.1. The van der Waals surface area contributed by atoms with Gasteiger partial charge in [-0.05, 0) is 30.7 Å². The Balaban J connectivity index is 1.89. The molecule has 1 aromatic rings. The van der Waals surface area contributed by atoms with E-state index in [2.05, 4.69) is 6.58 Å². The average Bonchev–Trinajstić information content (AvgIpc) is 3.27. The third kappa shape index (κ3) is 3.24. The molecular weight excluding hydrogens is 264 g/mol. The molecule has 1 N–H and O–H groups in total. The second kappa shape index (κ2) is 6.72. The van der Waals surface area contributed by atoms with Crippen LogP contribution in [0, 0.1) is 11.3 Å². The first-order valence-corrected chi connectivity index (χ1v) is 7.25. The van der Waals surface area contributed by atoms with E-state index in [1.807, 2.05) is 42.5 Å². The molecule has 0 spiro atoms. The first-order valence-electron chi connectivity index (χ1n) is 7.25. The van der Waals surface area contributed by atoms with Crippen LogP contribution in [-0.2, 0) is 9.53 Å². The normalized spacial score (nSPS) is 25.5. The molecule has 0 heterocycles. The highest BCUT2D eigenvalue weighted by molar-refractivity contribution is 5.82. The number of methoxy groups -OCH3 is 1. The Kier molecular flexibility index (Phi) is 4.97. The summed E-state index contributed by atoms with van der Waals surface area (Å²) in [5.74, 6) is -0.301. The second-order valence-electron chi connectivity index (χ2n) is 5.48. The number of allylic oxidation sites excluding steroid dienone is 2. The predicted octanol–water partition coefficient (Wildman–Crippen LogP) is 3.21. The van der Waals surface area contributed by atoms with Crippen molar-refractivity contribution in [2.45, 2.75) is 25.4 Å². The maximum atomic E-state index is 11.9. The van der Waals surface area contributed by atoms with Crippen LogP contribution in [0.2, 0.25) is 0 Å². The Labute approximate surface area is 125 Å². The molecule has 112 valence electrons. The lowest BCUT2D eigenvalue weighted by Crippen LogP contribution is -2.33. The Morgan fingerprint density at radius 1 is 1.52 bits per heavy atom. The van der Waals surface area contributed by atoms with Gasteiger partial charge in [0, 0.05) is 0 Å². The number of rotatable bonds is 7. The fourth-order valence-corrected chi connectivity index (χ4v) is 2.84. The van der Waals surface area contributed by atoms with Crippen molar-refractivity contribution in [3.05, 3.63) is 54.6 Å². The molecule has 21 heavy (non-hydrogen) atoms. The smallest absolute Gasteiger partial charge is 0.315 e. The van der Waals surface area contributed by atoms with Gasteiger partial charge in [-0.15, -0.1) is 6.58 Å². The maximum Gasteiger partial charge on any atom is 0.315 e. The maximum absolute atomic E-state index is 11.9. The van der Waals surface area contributed by atoms with Crippen LogP contribution < -0.4 is 0 Å². The van der Waals surface area contributed by atoms with Crippen LogP contribution in [0.3, 0.4) is 0 Å². The van der Waals surface area contributed by atoms with E-state index >= 15 is 0 Å². The molecule has 1 aromatic carbocycles. The van der Waals surface area contributed by atoms with Crippen molar-refractivity contribution in [1.82, 2.24) is 0 Å². The highest BCUT2D eigenvalue weighted by Gasteiger charge is 2.63. The molecule has 3 atom stereocenters. The molecule has 3 heteroatoms. The third-order valence-electron chi connectivity index (χ3n) is 4.22. The van der Waals surface area contributed by atoms with Gasteiger partial charge >= 0.3 is 5.97 Å². The van der Waals surface area contributed by atoms with Gasteiger partial charge < -0.3 is 9.84 Å². The largest absolute Gasteiger partial charge is 0.468 e. The topological polar surface area (TPSA) is 46.5 Å². The minimum atomic E-state index is -0.767. The van der Waals surface area contributed by atoms with Crippen LogP contribution in [0.5, 0.6) is 0 Å². The minimum Gasteiger partial charge on any atom is -0.468 e. The van der Waals surface area contributed by atoms with Crippen LogP contribution in [0.15, 0.2) is 49.1 Å². The lowest BCUT2D eigenvalue weighted by atomic mass is 9.92. The van der Waals surface area contributed by atoms with E-state index in [4.69, 9.17) is 4.74 Å². The summed E-state index contributed by atoms with van der Waals surface area (Å²) in [6.07, 6.45) is 6.99. The highest BCUT2D eigenvalue weighted by Crippen LogP contribution is 2.57. The zero-order valence-corrected chi connectivity index (χ0v) is 12.4. The number of ether oxygens (including phenoxy) is 1. The molecule has 0 saturated heterocycles. The van der Waals surface area contributed by atoms with E-state index in [1.165, 1.54) is 7.11 Å². The minimum absolute atomic E-state index is 0.0260. The first kappa shape index (κ1) is 15.5. The number of hydrogen-bond donors (Lipinski definition) is 1. The molecule has 3 unspecified atom stereocenters. The number of aliphatic hydroxyl groups is 1. The van der Waals surface area contributed by atoms with Crippen LogP contribution >= 0.6 is 0 Å². The third-order valence-corrected chi connectivity index (χ3v) is 4.22. The van der Waals surface area contributed by atoms with Crippen molar-refractivity contribution in [2.24, 2.45) is 11.3 Å². The van der Waals surface area contributed by atoms with Crippen molar-refractivity contribution in [3.8, 4) is 0 Å². The molecule has 0 aromatic heterocycles. The molecule has 0 amide bonds. The Hall–Kier alpha value is -1.87. The zero-order valence-electron chi connectivity index (χ0n) is 12.4. The van der Waals surface area contributed by atoms with E-state index < -0.39 is 11.5 Å². The van der Waals surface area contributed by atoms with E-state index in [0.717, 1.165) is 12.0 Å². The zero-order chi connectivity index (χ0) is 15.3. The molecular formula is C18H22O3. The molecule has 1 aliphatic carbocycles. The predicted molar refractivity (Wildman–Crippen MR) is 83.5 cm³/mol. The van der Waals surface area contributed by atoms with Crippen LogP contribution in [0.25, 0.3) is 6.08 Å². The van der Waals surface area contributed by atoms with Gasteiger partial charge in [-0.25, -0.2) is 0 Å². The summed E-state index contributed by atoms with van der Waals surface area (Å²) < 4.78 is 4.84. The van der Waals surface area contributed by atoms with Crippen molar-refractivity contribution in [3.63, 3.8) is 0 Å². The molecule has 3 nitrogen and oxygen atoms in total. The number of esters is 1. The SMILES string of the molecule is C=CC1CC1(C(=O)OC)C(O)CC/C=C/c1ccccc1. The molecule has 2 rings (SSSR count). The number of hydrogen-bond acceptors (Lipinski definition) is 3. The van der Waals surface area contributed by atoms with Crippen molar-refractivity contribution in [2.75, 3.05) is 7.11 Å². The fourth-order valence-electron chi connectivity index (χ4n) is 2.84. The average molecular weight is 286 g/mol. The Morgan fingerprint density at radius 3 is 2.81 bits per heavy atom. The summed E-state index contributed by atoms with van der Waals surface area (Å²) in [5, 5.41) is 10.4. The molecule has 0 aliphatic heterocycles. The van der Waals surface area contributed by atoms with Gasteiger partial charge in [-0.1, -0.05) is 48.6 Å². The number of carbonyl (C=O) groups is 1. The molecule has 1 fully saturated rings. The Bertz CT molecular complexity index is 521. The molecule has 0 radical (unpaired) electrons. The summed E-state index contributed by atoms with van der Waals surface area (Å²) in [6, 6.07) is 10.00.